The minimum atomic E-state index is -0.194. The molecule has 0 saturated heterocycles. The Labute approximate surface area is 171 Å². The number of furan rings is 1. The number of methoxy groups -OCH3 is 1. The second kappa shape index (κ2) is 9.60. The number of carbonyl (C=O) groups is 2. The minimum absolute atomic E-state index is 0.0719. The number of nitrogens with zero attached hydrogens (tertiary/aromatic N) is 2. The highest BCUT2D eigenvalue weighted by atomic mass is 16.5. The molecular weight excluding hydrogens is 370 g/mol. The van der Waals surface area contributed by atoms with Gasteiger partial charge in [-0.05, 0) is 48.7 Å². The lowest BCUT2D eigenvalue weighted by molar-refractivity contribution is -0.122. The molecule has 1 saturated carbocycles. The van der Waals surface area contributed by atoms with Crippen molar-refractivity contribution in [1.29, 1.82) is 0 Å². The molecule has 3 rings (SSSR count). The number of nitrogens with one attached hydrogen (secondary N) is 1. The number of anilines is 2. The maximum absolute atomic E-state index is 12.9. The molecule has 1 heterocycles. The van der Waals surface area contributed by atoms with Crippen LogP contribution in [0.4, 0.5) is 11.4 Å². The smallest absolute Gasteiger partial charge is 0.289 e. The number of carbonyl (C=O) groups excluding carboxylic acids is 2. The Balaban J connectivity index is 1.83. The third-order valence-electron chi connectivity index (χ3n) is 5.25. The molecule has 1 fully saturated rings. The van der Waals surface area contributed by atoms with Gasteiger partial charge in [0.1, 0.15) is 0 Å². The highest BCUT2D eigenvalue weighted by Crippen LogP contribution is 2.29. The molecule has 2 aromatic rings. The van der Waals surface area contributed by atoms with Crippen LogP contribution < -0.4 is 10.2 Å². The summed E-state index contributed by atoms with van der Waals surface area (Å²) in [5.41, 5.74) is 2.68. The van der Waals surface area contributed by atoms with Gasteiger partial charge in [-0.1, -0.05) is 6.42 Å². The molecule has 7 heteroatoms. The molecule has 0 radical (unpaired) electrons. The van der Waals surface area contributed by atoms with Crippen LogP contribution in [0.25, 0.3) is 0 Å². The highest BCUT2D eigenvalue weighted by Gasteiger charge is 2.25. The third kappa shape index (κ3) is 5.17. The van der Waals surface area contributed by atoms with Gasteiger partial charge in [0.05, 0.1) is 12.9 Å². The minimum Gasteiger partial charge on any atom is -0.459 e. The Kier molecular flexibility index (Phi) is 6.93. The summed E-state index contributed by atoms with van der Waals surface area (Å²) in [5, 5.41) is 3.02. The van der Waals surface area contributed by atoms with Gasteiger partial charge in [-0.2, -0.15) is 0 Å². The Morgan fingerprint density at radius 1 is 1.24 bits per heavy atom. The number of ether oxygens (including phenoxy) is 1. The standard InChI is InChI=1S/C22H29N3O4/c1-24(2)19-10-9-18(23-21(26)16-6-4-7-16)14-17(19)15-25(11-13-28-3)22(27)20-8-5-12-29-20/h5,8-10,12,14,16H,4,6-7,11,13,15H2,1-3H3,(H,23,26). The SMILES string of the molecule is COCCN(Cc1cc(NC(=O)C2CCC2)ccc1N(C)C)C(=O)c1ccco1. The van der Waals surface area contributed by atoms with Crippen LogP contribution in [0.15, 0.2) is 41.0 Å². The molecule has 7 nitrogen and oxygen atoms in total. The van der Waals surface area contributed by atoms with Gasteiger partial charge >= 0.3 is 0 Å². The Morgan fingerprint density at radius 3 is 2.62 bits per heavy atom. The molecular formula is C22H29N3O4. The number of amides is 2. The van der Waals surface area contributed by atoms with E-state index in [0.29, 0.717) is 25.5 Å². The summed E-state index contributed by atoms with van der Waals surface area (Å²) < 4.78 is 10.5. The molecule has 156 valence electrons. The van der Waals surface area contributed by atoms with Gasteiger partial charge < -0.3 is 24.3 Å². The topological polar surface area (TPSA) is 75.0 Å². The second-order valence-electron chi connectivity index (χ2n) is 7.55. The lowest BCUT2D eigenvalue weighted by Gasteiger charge is -2.27. The molecule has 2 amide bonds. The van der Waals surface area contributed by atoms with E-state index in [1.807, 2.05) is 37.2 Å². The molecule has 1 N–H and O–H groups in total. The quantitative estimate of drug-likeness (QED) is 0.700. The van der Waals surface area contributed by atoms with E-state index in [1.54, 1.807) is 24.1 Å². The molecule has 1 aromatic heterocycles. The number of hydrogen-bond donors (Lipinski definition) is 1. The van der Waals surface area contributed by atoms with Gasteiger partial charge in [0.15, 0.2) is 5.76 Å². The van der Waals surface area contributed by atoms with Crippen LogP contribution >= 0.6 is 0 Å². The zero-order valence-corrected chi connectivity index (χ0v) is 17.3. The van der Waals surface area contributed by atoms with Crippen LogP contribution in [0, 0.1) is 5.92 Å². The van der Waals surface area contributed by atoms with Crippen molar-refractivity contribution in [1.82, 2.24) is 4.90 Å². The highest BCUT2D eigenvalue weighted by molar-refractivity contribution is 5.93. The maximum Gasteiger partial charge on any atom is 0.289 e. The Bertz CT molecular complexity index is 829. The number of hydrogen-bond acceptors (Lipinski definition) is 5. The molecule has 0 unspecified atom stereocenters. The van der Waals surface area contributed by atoms with Gasteiger partial charge in [0.2, 0.25) is 5.91 Å². The normalized spacial score (nSPS) is 13.6. The van der Waals surface area contributed by atoms with E-state index in [-0.39, 0.29) is 17.7 Å². The van der Waals surface area contributed by atoms with E-state index in [9.17, 15) is 9.59 Å². The van der Waals surface area contributed by atoms with Gasteiger partial charge in [0, 0.05) is 51.6 Å². The van der Waals surface area contributed by atoms with Crippen LogP contribution in [0.3, 0.4) is 0 Å². The van der Waals surface area contributed by atoms with E-state index in [1.165, 1.54) is 6.26 Å². The molecule has 1 aromatic carbocycles. The first-order valence-corrected chi connectivity index (χ1v) is 9.92. The van der Waals surface area contributed by atoms with Gasteiger partial charge in [0.25, 0.3) is 5.91 Å². The van der Waals surface area contributed by atoms with Crippen molar-refractivity contribution < 1.29 is 18.7 Å². The molecule has 1 aliphatic rings. The van der Waals surface area contributed by atoms with Crippen molar-refractivity contribution >= 4 is 23.2 Å². The fourth-order valence-electron chi connectivity index (χ4n) is 3.36. The average molecular weight is 399 g/mol. The zero-order valence-electron chi connectivity index (χ0n) is 17.3. The summed E-state index contributed by atoms with van der Waals surface area (Å²) in [6, 6.07) is 9.18. The summed E-state index contributed by atoms with van der Waals surface area (Å²) in [7, 11) is 5.52. The van der Waals surface area contributed by atoms with E-state index in [4.69, 9.17) is 9.15 Å². The van der Waals surface area contributed by atoms with Crippen LogP contribution in [0.2, 0.25) is 0 Å². The van der Waals surface area contributed by atoms with Crippen LogP contribution in [-0.4, -0.2) is 51.1 Å². The van der Waals surface area contributed by atoms with Gasteiger partial charge in [-0.25, -0.2) is 0 Å². The summed E-state index contributed by atoms with van der Waals surface area (Å²) >= 11 is 0. The zero-order chi connectivity index (χ0) is 20.8. The predicted octanol–water partition coefficient (Wildman–Crippen LogP) is 3.37. The number of benzene rings is 1. The van der Waals surface area contributed by atoms with Crippen molar-refractivity contribution in [3.05, 3.63) is 47.9 Å². The summed E-state index contributed by atoms with van der Waals surface area (Å²) in [5.74, 6) is 0.288. The van der Waals surface area contributed by atoms with Crippen molar-refractivity contribution in [3.63, 3.8) is 0 Å². The molecule has 29 heavy (non-hydrogen) atoms. The average Bonchev–Trinajstić information content (AvgIpc) is 3.17. The van der Waals surface area contributed by atoms with E-state index >= 15 is 0 Å². The first kappa shape index (κ1) is 20.9. The Morgan fingerprint density at radius 2 is 2.03 bits per heavy atom. The maximum atomic E-state index is 12.9. The predicted molar refractivity (Wildman–Crippen MR) is 112 cm³/mol. The second-order valence-corrected chi connectivity index (χ2v) is 7.55. The van der Waals surface area contributed by atoms with Crippen LogP contribution in [0.5, 0.6) is 0 Å². The Hall–Kier alpha value is -2.80. The summed E-state index contributed by atoms with van der Waals surface area (Å²) in [4.78, 5) is 28.9. The molecule has 1 aliphatic carbocycles. The van der Waals surface area contributed by atoms with Crippen molar-refractivity contribution in [2.45, 2.75) is 25.8 Å². The molecule has 0 atom stereocenters. The first-order valence-electron chi connectivity index (χ1n) is 9.92. The molecule has 0 spiro atoms. The lowest BCUT2D eigenvalue weighted by atomic mass is 9.85. The number of rotatable bonds is 9. The monoisotopic (exact) mass is 399 g/mol. The van der Waals surface area contributed by atoms with Gasteiger partial charge in [-0.15, -0.1) is 0 Å². The molecule has 0 bridgehead atoms. The van der Waals surface area contributed by atoms with Crippen molar-refractivity contribution in [2.24, 2.45) is 5.92 Å². The largest absolute Gasteiger partial charge is 0.459 e. The van der Waals surface area contributed by atoms with Gasteiger partial charge in [-0.3, -0.25) is 9.59 Å². The van der Waals surface area contributed by atoms with E-state index < -0.39 is 0 Å². The van der Waals surface area contributed by atoms with Crippen molar-refractivity contribution in [2.75, 3.05) is 44.6 Å². The van der Waals surface area contributed by atoms with E-state index in [0.717, 1.165) is 36.2 Å². The lowest BCUT2D eigenvalue weighted by Crippen LogP contribution is -2.34. The van der Waals surface area contributed by atoms with Crippen LogP contribution in [0.1, 0.15) is 35.4 Å². The fourth-order valence-corrected chi connectivity index (χ4v) is 3.36. The summed E-state index contributed by atoms with van der Waals surface area (Å²) in [6.07, 6.45) is 4.52. The molecule has 0 aliphatic heterocycles. The van der Waals surface area contributed by atoms with Crippen LogP contribution in [-0.2, 0) is 16.1 Å². The first-order chi connectivity index (χ1) is 14.0. The third-order valence-corrected chi connectivity index (χ3v) is 5.25. The van der Waals surface area contributed by atoms with E-state index in [2.05, 4.69) is 5.32 Å². The fraction of sp³-hybridized carbons (Fsp3) is 0.455. The summed E-state index contributed by atoms with van der Waals surface area (Å²) in [6.45, 7) is 1.23. The van der Waals surface area contributed by atoms with Crippen molar-refractivity contribution in [3.8, 4) is 0 Å².